The number of halogens is 1. The topological polar surface area (TPSA) is 52.7 Å². The second-order valence-corrected chi connectivity index (χ2v) is 9.73. The molecule has 0 aromatic heterocycles. The summed E-state index contributed by atoms with van der Waals surface area (Å²) < 4.78 is 29.0. The number of sulfonamides is 1. The minimum Gasteiger partial charge on any atom is -0.378 e. The van der Waals surface area contributed by atoms with Gasteiger partial charge in [0.1, 0.15) is 0 Å². The van der Waals surface area contributed by atoms with Crippen LogP contribution in [-0.2, 0) is 10.0 Å². The minimum atomic E-state index is -3.54. The van der Waals surface area contributed by atoms with Gasteiger partial charge >= 0.3 is 0 Å². The van der Waals surface area contributed by atoms with E-state index in [-0.39, 0.29) is 10.9 Å². The number of nitrogens with one attached hydrogen (secondary N) is 1. The average molecular weight is 452 g/mol. The highest BCUT2D eigenvalue weighted by Gasteiger charge is 2.25. The van der Waals surface area contributed by atoms with Crippen LogP contribution in [0.1, 0.15) is 24.4 Å². The van der Waals surface area contributed by atoms with Crippen molar-refractivity contribution >= 4 is 31.6 Å². The zero-order chi connectivity index (χ0) is 19.4. The minimum absolute atomic E-state index is 0.0361. The predicted molar refractivity (Wildman–Crippen MR) is 114 cm³/mol. The fourth-order valence-electron chi connectivity index (χ4n) is 3.39. The van der Waals surface area contributed by atoms with E-state index in [2.05, 4.69) is 54.7 Å². The Morgan fingerprint density at radius 1 is 1.04 bits per heavy atom. The fourth-order valence-corrected chi connectivity index (χ4v) is 4.69. The quantitative estimate of drug-likeness (QED) is 0.697. The van der Waals surface area contributed by atoms with Crippen LogP contribution >= 0.6 is 15.9 Å². The molecule has 0 amide bonds. The molecule has 5 nitrogen and oxygen atoms in total. The van der Waals surface area contributed by atoms with Crippen LogP contribution in [0.15, 0.2) is 57.9 Å². The van der Waals surface area contributed by atoms with Gasteiger partial charge in [-0.05, 0) is 67.9 Å². The maximum atomic E-state index is 12.7. The first-order valence-electron chi connectivity index (χ1n) is 9.13. The normalized spacial score (nSPS) is 16.4. The van der Waals surface area contributed by atoms with E-state index in [1.54, 1.807) is 24.3 Å². The van der Waals surface area contributed by atoms with Crippen molar-refractivity contribution in [2.24, 2.45) is 0 Å². The van der Waals surface area contributed by atoms with Gasteiger partial charge < -0.3 is 4.90 Å². The molecule has 27 heavy (non-hydrogen) atoms. The maximum absolute atomic E-state index is 12.7. The summed E-state index contributed by atoms with van der Waals surface area (Å²) in [5, 5.41) is 0. The Balaban J connectivity index is 1.78. The van der Waals surface area contributed by atoms with Gasteiger partial charge in [0, 0.05) is 36.8 Å². The fraction of sp³-hybridized carbons (Fsp3) is 0.400. The Morgan fingerprint density at radius 3 is 2.19 bits per heavy atom. The number of nitrogens with zero attached hydrogens (tertiary/aromatic N) is 2. The van der Waals surface area contributed by atoms with Crippen molar-refractivity contribution in [2.45, 2.75) is 23.8 Å². The Morgan fingerprint density at radius 2 is 1.63 bits per heavy atom. The SMILES string of the molecule is CN(C)c1ccc([C@H](CNS(=O)(=O)c2ccc(Br)cc2)N2CCCC2)cc1. The summed E-state index contributed by atoms with van der Waals surface area (Å²) in [5.74, 6) is 0. The van der Waals surface area contributed by atoms with Crippen molar-refractivity contribution in [1.29, 1.82) is 0 Å². The summed E-state index contributed by atoms with van der Waals surface area (Å²) in [6.45, 7) is 2.36. The van der Waals surface area contributed by atoms with E-state index in [1.165, 1.54) is 0 Å². The predicted octanol–water partition coefficient (Wildman–Crippen LogP) is 3.63. The Kier molecular flexibility index (Phi) is 6.57. The molecule has 0 spiro atoms. The number of anilines is 1. The van der Waals surface area contributed by atoms with Gasteiger partial charge in [-0.1, -0.05) is 28.1 Å². The Labute approximate surface area is 170 Å². The van der Waals surface area contributed by atoms with Crippen molar-refractivity contribution in [3.63, 3.8) is 0 Å². The molecule has 1 saturated heterocycles. The summed E-state index contributed by atoms with van der Waals surface area (Å²) in [4.78, 5) is 4.72. The molecule has 0 unspecified atom stereocenters. The molecule has 0 bridgehead atoms. The first-order chi connectivity index (χ1) is 12.9. The molecule has 7 heteroatoms. The van der Waals surface area contributed by atoms with E-state index in [0.29, 0.717) is 6.54 Å². The van der Waals surface area contributed by atoms with Crippen molar-refractivity contribution in [3.05, 3.63) is 58.6 Å². The van der Waals surface area contributed by atoms with E-state index in [0.717, 1.165) is 41.7 Å². The molecule has 1 N–H and O–H groups in total. The van der Waals surface area contributed by atoms with Crippen LogP contribution in [0.5, 0.6) is 0 Å². The van der Waals surface area contributed by atoms with Gasteiger partial charge in [0.05, 0.1) is 4.90 Å². The van der Waals surface area contributed by atoms with Crippen LogP contribution in [0.25, 0.3) is 0 Å². The number of hydrogen-bond acceptors (Lipinski definition) is 4. The molecule has 2 aromatic carbocycles. The lowest BCUT2D eigenvalue weighted by molar-refractivity contribution is 0.246. The van der Waals surface area contributed by atoms with Gasteiger partial charge in [-0.25, -0.2) is 13.1 Å². The van der Waals surface area contributed by atoms with Crippen LogP contribution in [0, 0.1) is 0 Å². The third-order valence-electron chi connectivity index (χ3n) is 4.97. The molecule has 0 radical (unpaired) electrons. The molecule has 1 atom stereocenters. The van der Waals surface area contributed by atoms with Gasteiger partial charge in [-0.3, -0.25) is 4.90 Å². The van der Waals surface area contributed by atoms with Crippen molar-refractivity contribution in [3.8, 4) is 0 Å². The number of rotatable bonds is 7. The standard InChI is InChI=1S/C20H26BrN3O2S/c1-23(2)18-9-5-16(6-10-18)20(24-13-3-4-14-24)15-22-27(25,26)19-11-7-17(21)8-12-19/h5-12,20,22H,3-4,13-15H2,1-2H3/t20-/m0/s1. The van der Waals surface area contributed by atoms with Gasteiger partial charge in [0.25, 0.3) is 0 Å². The Hall–Kier alpha value is -1.41. The molecule has 0 aliphatic carbocycles. The first kappa shape index (κ1) is 20.3. The van der Waals surface area contributed by atoms with Crippen LogP contribution < -0.4 is 9.62 Å². The van der Waals surface area contributed by atoms with Crippen LogP contribution in [0.3, 0.4) is 0 Å². The molecule has 1 aliphatic rings. The van der Waals surface area contributed by atoms with Crippen molar-refractivity contribution in [1.82, 2.24) is 9.62 Å². The summed E-state index contributed by atoms with van der Waals surface area (Å²) >= 11 is 3.34. The largest absolute Gasteiger partial charge is 0.378 e. The van der Waals surface area contributed by atoms with E-state index in [9.17, 15) is 8.42 Å². The zero-order valence-electron chi connectivity index (χ0n) is 15.7. The molecule has 0 saturated carbocycles. The van der Waals surface area contributed by atoms with Crippen LogP contribution in [0.2, 0.25) is 0 Å². The zero-order valence-corrected chi connectivity index (χ0v) is 18.1. The second-order valence-electron chi connectivity index (χ2n) is 7.05. The maximum Gasteiger partial charge on any atom is 0.240 e. The molecular formula is C20H26BrN3O2S. The molecule has 2 aromatic rings. The lowest BCUT2D eigenvalue weighted by atomic mass is 10.1. The molecule has 3 rings (SSSR count). The van der Waals surface area contributed by atoms with E-state index in [4.69, 9.17) is 0 Å². The molecule has 1 fully saturated rings. The average Bonchev–Trinajstić information content (AvgIpc) is 3.17. The lowest BCUT2D eigenvalue weighted by Crippen LogP contribution is -2.36. The third-order valence-corrected chi connectivity index (χ3v) is 6.93. The van der Waals surface area contributed by atoms with Crippen LogP contribution in [0.4, 0.5) is 5.69 Å². The van der Waals surface area contributed by atoms with E-state index >= 15 is 0 Å². The van der Waals surface area contributed by atoms with E-state index < -0.39 is 10.0 Å². The molecule has 1 heterocycles. The van der Waals surface area contributed by atoms with Gasteiger partial charge in [0.2, 0.25) is 10.0 Å². The molecule has 146 valence electrons. The smallest absolute Gasteiger partial charge is 0.240 e. The van der Waals surface area contributed by atoms with Crippen LogP contribution in [-0.4, -0.2) is 47.0 Å². The monoisotopic (exact) mass is 451 g/mol. The molecule has 1 aliphatic heterocycles. The summed E-state index contributed by atoms with van der Waals surface area (Å²) in [6, 6.07) is 15.1. The van der Waals surface area contributed by atoms with Gasteiger partial charge in [-0.2, -0.15) is 0 Å². The van der Waals surface area contributed by atoms with Crippen molar-refractivity contribution in [2.75, 3.05) is 38.6 Å². The highest BCUT2D eigenvalue weighted by Crippen LogP contribution is 2.27. The summed E-state index contributed by atoms with van der Waals surface area (Å²) in [6.07, 6.45) is 2.32. The van der Waals surface area contributed by atoms with E-state index in [1.807, 2.05) is 14.1 Å². The highest BCUT2D eigenvalue weighted by atomic mass is 79.9. The summed E-state index contributed by atoms with van der Waals surface area (Å²) in [5.41, 5.74) is 2.27. The highest BCUT2D eigenvalue weighted by molar-refractivity contribution is 9.10. The van der Waals surface area contributed by atoms with Gasteiger partial charge in [0.15, 0.2) is 0 Å². The number of hydrogen-bond donors (Lipinski definition) is 1. The summed E-state index contributed by atoms with van der Waals surface area (Å²) in [7, 11) is 0.489. The second kappa shape index (κ2) is 8.73. The van der Waals surface area contributed by atoms with Gasteiger partial charge in [-0.15, -0.1) is 0 Å². The van der Waals surface area contributed by atoms with Crippen molar-refractivity contribution < 1.29 is 8.42 Å². The first-order valence-corrected chi connectivity index (χ1v) is 11.4. The molecular weight excluding hydrogens is 426 g/mol. The third kappa shape index (κ3) is 5.10. The Bertz CT molecular complexity index is 846. The number of likely N-dealkylation sites (tertiary alicyclic amines) is 1. The lowest BCUT2D eigenvalue weighted by Gasteiger charge is -2.28. The number of benzene rings is 2.